The van der Waals surface area contributed by atoms with Gasteiger partial charge in [-0.15, -0.1) is 0 Å². The zero-order chi connectivity index (χ0) is 15.5. The maximum absolute atomic E-state index is 12.3. The molecule has 1 saturated heterocycles. The number of rotatable bonds is 5. The lowest BCUT2D eigenvalue weighted by molar-refractivity contribution is -0.129. The Balaban J connectivity index is 1.93. The van der Waals surface area contributed by atoms with Crippen LogP contribution in [-0.4, -0.2) is 54.1 Å². The third-order valence-corrected chi connectivity index (χ3v) is 6.09. The number of amides is 1. The van der Waals surface area contributed by atoms with Crippen molar-refractivity contribution in [1.29, 1.82) is 0 Å². The Bertz CT molecular complexity index is 602. The van der Waals surface area contributed by atoms with Gasteiger partial charge >= 0.3 is 0 Å². The second-order valence-electron chi connectivity index (χ2n) is 4.96. The Kier molecular flexibility index (Phi) is 5.10. The molecule has 2 heterocycles. The number of pyridine rings is 1. The van der Waals surface area contributed by atoms with Crippen molar-refractivity contribution < 1.29 is 13.2 Å². The lowest BCUT2D eigenvalue weighted by atomic mass is 10.2. The zero-order valence-electron chi connectivity index (χ0n) is 11.9. The van der Waals surface area contributed by atoms with Gasteiger partial charge < -0.3 is 10.6 Å². The van der Waals surface area contributed by atoms with Gasteiger partial charge in [0.1, 0.15) is 0 Å². The predicted octanol–water partition coefficient (Wildman–Crippen LogP) is 0.791. The van der Waals surface area contributed by atoms with Gasteiger partial charge in [-0.05, 0) is 25.5 Å². The lowest BCUT2D eigenvalue weighted by Gasteiger charge is -2.26. The Hall–Kier alpha value is -1.28. The SMILES string of the molecule is CCN(C(=O)CSc1ccc(N)cn1)C1CCS(=O)(=O)C1. The van der Waals surface area contributed by atoms with Crippen LogP contribution in [0.5, 0.6) is 0 Å². The molecule has 2 rings (SSSR count). The van der Waals surface area contributed by atoms with Gasteiger partial charge in [0, 0.05) is 12.6 Å². The van der Waals surface area contributed by atoms with Crippen LogP contribution >= 0.6 is 11.8 Å². The molecule has 1 unspecified atom stereocenters. The molecule has 0 bridgehead atoms. The summed E-state index contributed by atoms with van der Waals surface area (Å²) in [5.74, 6) is 0.454. The minimum atomic E-state index is -2.98. The summed E-state index contributed by atoms with van der Waals surface area (Å²) >= 11 is 1.33. The molecule has 6 nitrogen and oxygen atoms in total. The third kappa shape index (κ3) is 4.34. The molecule has 1 atom stereocenters. The van der Waals surface area contributed by atoms with Crippen LogP contribution in [0.1, 0.15) is 13.3 Å². The summed E-state index contributed by atoms with van der Waals surface area (Å²) in [7, 11) is -2.98. The van der Waals surface area contributed by atoms with E-state index in [2.05, 4.69) is 4.98 Å². The van der Waals surface area contributed by atoms with Gasteiger partial charge in [-0.25, -0.2) is 13.4 Å². The van der Waals surface area contributed by atoms with E-state index in [1.54, 1.807) is 23.2 Å². The molecule has 1 aromatic heterocycles. The van der Waals surface area contributed by atoms with E-state index in [0.717, 1.165) is 5.03 Å². The van der Waals surface area contributed by atoms with Crippen molar-refractivity contribution in [2.75, 3.05) is 29.5 Å². The van der Waals surface area contributed by atoms with Gasteiger partial charge in [0.05, 0.1) is 34.2 Å². The second kappa shape index (κ2) is 6.65. The summed E-state index contributed by atoms with van der Waals surface area (Å²) in [4.78, 5) is 18.1. The summed E-state index contributed by atoms with van der Waals surface area (Å²) < 4.78 is 23.1. The summed E-state index contributed by atoms with van der Waals surface area (Å²) in [6.07, 6.45) is 2.08. The quantitative estimate of drug-likeness (QED) is 0.803. The molecule has 1 aromatic rings. The van der Waals surface area contributed by atoms with Crippen molar-refractivity contribution in [3.63, 3.8) is 0 Å². The topological polar surface area (TPSA) is 93.4 Å². The number of carbonyl (C=O) groups excluding carboxylic acids is 1. The molecule has 21 heavy (non-hydrogen) atoms. The van der Waals surface area contributed by atoms with Crippen molar-refractivity contribution in [3.05, 3.63) is 18.3 Å². The van der Waals surface area contributed by atoms with Crippen LogP contribution in [-0.2, 0) is 14.6 Å². The summed E-state index contributed by atoms with van der Waals surface area (Å²) in [5, 5.41) is 0.729. The fourth-order valence-corrected chi connectivity index (χ4v) is 4.81. The highest BCUT2D eigenvalue weighted by Crippen LogP contribution is 2.21. The molecule has 0 aliphatic carbocycles. The van der Waals surface area contributed by atoms with Gasteiger partial charge in [0.15, 0.2) is 9.84 Å². The standard InChI is InChI=1S/C13H19N3O3S2/c1-2-16(11-5-6-21(18,19)9-11)13(17)8-20-12-4-3-10(14)7-15-12/h3-4,7,11H,2,5-6,8-9,14H2,1H3. The average molecular weight is 329 g/mol. The minimum absolute atomic E-state index is 0.0526. The third-order valence-electron chi connectivity index (χ3n) is 3.41. The van der Waals surface area contributed by atoms with Crippen molar-refractivity contribution in [2.24, 2.45) is 0 Å². The largest absolute Gasteiger partial charge is 0.397 e. The van der Waals surface area contributed by atoms with Crippen LogP contribution in [0.2, 0.25) is 0 Å². The first-order chi connectivity index (χ1) is 9.91. The molecule has 0 saturated carbocycles. The summed E-state index contributed by atoms with van der Waals surface area (Å²) in [6, 6.07) is 3.32. The summed E-state index contributed by atoms with van der Waals surface area (Å²) in [6.45, 7) is 2.39. The molecular formula is C13H19N3O3S2. The van der Waals surface area contributed by atoms with Gasteiger partial charge in [-0.1, -0.05) is 11.8 Å². The highest BCUT2D eigenvalue weighted by molar-refractivity contribution is 7.99. The Labute approximate surface area is 129 Å². The number of nitrogen functional groups attached to an aromatic ring is 1. The van der Waals surface area contributed by atoms with E-state index in [1.807, 2.05) is 6.92 Å². The number of carbonyl (C=O) groups is 1. The monoisotopic (exact) mass is 329 g/mol. The van der Waals surface area contributed by atoms with E-state index in [4.69, 9.17) is 5.73 Å². The first-order valence-electron chi connectivity index (χ1n) is 6.75. The summed E-state index contributed by atoms with van der Waals surface area (Å²) in [5.41, 5.74) is 6.14. The van der Waals surface area contributed by atoms with Crippen LogP contribution in [0.25, 0.3) is 0 Å². The van der Waals surface area contributed by atoms with Crippen LogP contribution in [0.3, 0.4) is 0 Å². The molecule has 1 aliphatic rings. The molecule has 0 spiro atoms. The Morgan fingerprint density at radius 2 is 2.29 bits per heavy atom. The molecule has 1 fully saturated rings. The van der Waals surface area contributed by atoms with Crippen molar-refractivity contribution in [3.8, 4) is 0 Å². The predicted molar refractivity (Wildman–Crippen MR) is 83.8 cm³/mol. The molecule has 0 radical (unpaired) electrons. The number of anilines is 1. The number of thioether (sulfide) groups is 1. The number of nitrogens with two attached hydrogens (primary N) is 1. The van der Waals surface area contributed by atoms with Crippen molar-refractivity contribution in [2.45, 2.75) is 24.4 Å². The molecule has 2 N–H and O–H groups in total. The number of nitrogens with zero attached hydrogens (tertiary/aromatic N) is 2. The van der Waals surface area contributed by atoms with Gasteiger partial charge in [0.2, 0.25) is 5.91 Å². The molecule has 8 heteroatoms. The zero-order valence-corrected chi connectivity index (χ0v) is 13.5. The van der Waals surface area contributed by atoms with Gasteiger partial charge in [-0.3, -0.25) is 4.79 Å². The van der Waals surface area contributed by atoms with Crippen LogP contribution < -0.4 is 5.73 Å². The van der Waals surface area contributed by atoms with E-state index in [-0.39, 0.29) is 29.2 Å². The smallest absolute Gasteiger partial charge is 0.233 e. The average Bonchev–Trinajstić information content (AvgIpc) is 2.79. The maximum atomic E-state index is 12.3. The van der Waals surface area contributed by atoms with Gasteiger partial charge in [-0.2, -0.15) is 0 Å². The fraction of sp³-hybridized carbons (Fsp3) is 0.538. The number of hydrogen-bond acceptors (Lipinski definition) is 6. The van der Waals surface area contributed by atoms with Crippen LogP contribution in [0.4, 0.5) is 5.69 Å². The maximum Gasteiger partial charge on any atom is 0.233 e. The van der Waals surface area contributed by atoms with Crippen LogP contribution in [0, 0.1) is 0 Å². The molecule has 1 amide bonds. The van der Waals surface area contributed by atoms with E-state index in [9.17, 15) is 13.2 Å². The number of hydrogen-bond donors (Lipinski definition) is 1. The minimum Gasteiger partial charge on any atom is -0.397 e. The van der Waals surface area contributed by atoms with Gasteiger partial charge in [0.25, 0.3) is 0 Å². The second-order valence-corrected chi connectivity index (χ2v) is 8.18. The van der Waals surface area contributed by atoms with Crippen LogP contribution in [0.15, 0.2) is 23.4 Å². The molecular weight excluding hydrogens is 310 g/mol. The molecule has 1 aliphatic heterocycles. The number of sulfone groups is 1. The highest BCUT2D eigenvalue weighted by Gasteiger charge is 2.33. The Morgan fingerprint density at radius 1 is 1.52 bits per heavy atom. The lowest BCUT2D eigenvalue weighted by Crippen LogP contribution is -2.41. The Morgan fingerprint density at radius 3 is 2.81 bits per heavy atom. The first kappa shape index (κ1) is 16.1. The molecule has 116 valence electrons. The highest BCUT2D eigenvalue weighted by atomic mass is 32.2. The molecule has 0 aromatic carbocycles. The van der Waals surface area contributed by atoms with E-state index in [0.29, 0.717) is 18.7 Å². The number of aromatic nitrogens is 1. The van der Waals surface area contributed by atoms with Crippen molar-refractivity contribution in [1.82, 2.24) is 9.88 Å². The van der Waals surface area contributed by atoms with E-state index in [1.165, 1.54) is 11.8 Å². The van der Waals surface area contributed by atoms with E-state index < -0.39 is 9.84 Å². The normalized spacial score (nSPS) is 20.3. The van der Waals surface area contributed by atoms with Crippen molar-refractivity contribution >= 4 is 33.2 Å². The fourth-order valence-electron chi connectivity index (χ4n) is 2.36. The first-order valence-corrected chi connectivity index (χ1v) is 9.56. The van der Waals surface area contributed by atoms with E-state index >= 15 is 0 Å².